The van der Waals surface area contributed by atoms with Crippen LogP contribution >= 0.6 is 0 Å². The number of methoxy groups -OCH3 is 1. The van der Waals surface area contributed by atoms with Crippen molar-refractivity contribution in [2.24, 2.45) is 0 Å². The molecule has 3 amide bonds. The molecule has 1 saturated carbocycles. The summed E-state index contributed by atoms with van der Waals surface area (Å²) in [5.41, 5.74) is 0.624. The van der Waals surface area contributed by atoms with Gasteiger partial charge < -0.3 is 29.1 Å². The number of ether oxygens (including phenoxy) is 1. The van der Waals surface area contributed by atoms with Crippen molar-refractivity contribution in [3.8, 4) is 5.75 Å². The summed E-state index contributed by atoms with van der Waals surface area (Å²) in [5, 5.41) is 5.69. The largest absolute Gasteiger partial charge is 0.497 e. The number of hydrogen-bond donors (Lipinski definition) is 2. The first kappa shape index (κ1) is 24.1. The molecule has 0 radical (unpaired) electrons. The number of rotatable bonds is 10. The Morgan fingerprint density at radius 1 is 1.03 bits per heavy atom. The normalized spacial score (nSPS) is 14.3. The van der Waals surface area contributed by atoms with Crippen LogP contribution in [0.3, 0.4) is 0 Å². The first-order valence-corrected chi connectivity index (χ1v) is 11.6. The van der Waals surface area contributed by atoms with Gasteiger partial charge >= 0.3 is 0 Å². The second-order valence-electron chi connectivity index (χ2n) is 8.43. The van der Waals surface area contributed by atoms with Gasteiger partial charge in [-0.2, -0.15) is 0 Å². The highest BCUT2D eigenvalue weighted by Gasteiger charge is 2.34. The first-order valence-electron chi connectivity index (χ1n) is 11.6. The summed E-state index contributed by atoms with van der Waals surface area (Å²) in [6, 6.07) is 12.7. The Morgan fingerprint density at radius 3 is 2.37 bits per heavy atom. The van der Waals surface area contributed by atoms with E-state index in [1.54, 1.807) is 49.6 Å². The van der Waals surface area contributed by atoms with Gasteiger partial charge in [-0.15, -0.1) is 0 Å². The quantitative estimate of drug-likeness (QED) is 0.461. The van der Waals surface area contributed by atoms with E-state index in [4.69, 9.17) is 13.6 Å². The lowest BCUT2D eigenvalue weighted by Gasteiger charge is -2.32. The number of furan rings is 2. The average molecular weight is 480 g/mol. The summed E-state index contributed by atoms with van der Waals surface area (Å²) in [5.74, 6) is 0.0167. The van der Waals surface area contributed by atoms with Crippen LogP contribution in [0.4, 0.5) is 0 Å². The molecule has 1 fully saturated rings. The Kier molecular flexibility index (Phi) is 7.87. The van der Waals surface area contributed by atoms with E-state index in [1.165, 1.54) is 23.5 Å². The maximum atomic E-state index is 13.6. The molecule has 2 heterocycles. The van der Waals surface area contributed by atoms with Crippen LogP contribution in [0.1, 0.15) is 53.6 Å². The Morgan fingerprint density at radius 2 is 1.74 bits per heavy atom. The van der Waals surface area contributed by atoms with Crippen LogP contribution in [0.15, 0.2) is 69.9 Å². The minimum atomic E-state index is -0.931. The van der Waals surface area contributed by atoms with E-state index in [-0.39, 0.29) is 30.8 Å². The minimum absolute atomic E-state index is 0.0528. The number of benzene rings is 1. The molecular weight excluding hydrogens is 450 g/mol. The molecule has 1 atom stereocenters. The van der Waals surface area contributed by atoms with Gasteiger partial charge in [-0.05, 0) is 54.8 Å². The number of carbonyl (C=O) groups excluding carboxylic acids is 3. The third-order valence-corrected chi connectivity index (χ3v) is 6.06. The van der Waals surface area contributed by atoms with Crippen LogP contribution < -0.4 is 15.4 Å². The van der Waals surface area contributed by atoms with E-state index >= 15 is 0 Å². The first-order chi connectivity index (χ1) is 17.0. The van der Waals surface area contributed by atoms with Gasteiger partial charge in [0.05, 0.1) is 32.7 Å². The van der Waals surface area contributed by atoms with Crippen molar-refractivity contribution in [3.63, 3.8) is 0 Å². The second kappa shape index (κ2) is 11.4. The highest BCUT2D eigenvalue weighted by molar-refractivity contribution is 5.95. The molecule has 2 N–H and O–H groups in total. The van der Waals surface area contributed by atoms with Crippen LogP contribution in [0.25, 0.3) is 0 Å². The van der Waals surface area contributed by atoms with Gasteiger partial charge in [-0.25, -0.2) is 0 Å². The van der Waals surface area contributed by atoms with Crippen molar-refractivity contribution >= 4 is 17.7 Å². The SMILES string of the molecule is COc1ccc([C@H](C(=O)NC2CCCC2)N(Cc2ccco2)C(=O)CNC(=O)c2ccco2)cc1. The fourth-order valence-electron chi connectivity index (χ4n) is 4.26. The predicted octanol–water partition coefficient (Wildman–Crippen LogP) is 3.44. The van der Waals surface area contributed by atoms with Gasteiger partial charge in [-0.3, -0.25) is 14.4 Å². The molecule has 2 aromatic heterocycles. The molecule has 1 aliphatic carbocycles. The van der Waals surface area contributed by atoms with E-state index in [1.807, 2.05) is 0 Å². The summed E-state index contributed by atoms with van der Waals surface area (Å²) < 4.78 is 15.8. The van der Waals surface area contributed by atoms with Crippen molar-refractivity contribution in [1.82, 2.24) is 15.5 Å². The van der Waals surface area contributed by atoms with Crippen molar-refractivity contribution in [2.45, 2.75) is 44.3 Å². The fraction of sp³-hybridized carbons (Fsp3) is 0.346. The van der Waals surface area contributed by atoms with Gasteiger partial charge in [0.15, 0.2) is 5.76 Å². The Balaban J connectivity index is 1.61. The van der Waals surface area contributed by atoms with E-state index in [2.05, 4.69) is 10.6 Å². The van der Waals surface area contributed by atoms with Crippen molar-refractivity contribution in [1.29, 1.82) is 0 Å². The number of amides is 3. The molecule has 1 aromatic carbocycles. The summed E-state index contributed by atoms with van der Waals surface area (Å²) in [4.78, 5) is 40.8. The summed E-state index contributed by atoms with van der Waals surface area (Å²) in [6.45, 7) is -0.263. The lowest BCUT2D eigenvalue weighted by atomic mass is 10.0. The minimum Gasteiger partial charge on any atom is -0.497 e. The Hall–Kier alpha value is -4.01. The van der Waals surface area contributed by atoms with Crippen LogP contribution in [0, 0.1) is 0 Å². The molecule has 4 rings (SSSR count). The zero-order valence-corrected chi connectivity index (χ0v) is 19.6. The number of nitrogens with one attached hydrogen (secondary N) is 2. The standard InChI is InChI=1S/C26H29N3O6/c1-33-20-12-10-18(11-13-20)24(26(32)28-19-6-2-3-7-19)29(17-21-8-4-14-34-21)23(30)16-27-25(31)22-9-5-15-35-22/h4-5,8-15,19,24H,2-3,6-7,16-17H2,1H3,(H,27,31)(H,28,32)/t24-/m1/s1. The van der Waals surface area contributed by atoms with Crippen LogP contribution in [0.2, 0.25) is 0 Å². The van der Waals surface area contributed by atoms with E-state index in [0.717, 1.165) is 25.7 Å². The van der Waals surface area contributed by atoms with Gasteiger partial charge in [0.1, 0.15) is 17.6 Å². The average Bonchev–Trinajstić information content (AvgIpc) is 3.66. The topological polar surface area (TPSA) is 114 Å². The smallest absolute Gasteiger partial charge is 0.287 e. The highest BCUT2D eigenvalue weighted by atomic mass is 16.5. The van der Waals surface area contributed by atoms with E-state index < -0.39 is 17.9 Å². The third-order valence-electron chi connectivity index (χ3n) is 6.06. The number of hydrogen-bond acceptors (Lipinski definition) is 6. The summed E-state index contributed by atoms with van der Waals surface area (Å²) in [7, 11) is 1.56. The van der Waals surface area contributed by atoms with Crippen LogP contribution in [0.5, 0.6) is 5.75 Å². The van der Waals surface area contributed by atoms with Crippen molar-refractivity contribution < 1.29 is 28.0 Å². The molecule has 35 heavy (non-hydrogen) atoms. The zero-order chi connectivity index (χ0) is 24.6. The second-order valence-corrected chi connectivity index (χ2v) is 8.43. The third kappa shape index (κ3) is 6.11. The Labute approximate surface area is 203 Å². The lowest BCUT2D eigenvalue weighted by Crippen LogP contribution is -2.48. The Bertz CT molecular complexity index is 1100. The van der Waals surface area contributed by atoms with Gasteiger partial charge in [0, 0.05) is 6.04 Å². The summed E-state index contributed by atoms with van der Waals surface area (Å²) in [6.07, 6.45) is 6.83. The molecule has 0 spiro atoms. The van der Waals surface area contributed by atoms with E-state index in [0.29, 0.717) is 17.1 Å². The number of nitrogens with zero attached hydrogens (tertiary/aromatic N) is 1. The molecular formula is C26H29N3O6. The molecule has 1 aliphatic rings. The zero-order valence-electron chi connectivity index (χ0n) is 19.6. The summed E-state index contributed by atoms with van der Waals surface area (Å²) >= 11 is 0. The fourth-order valence-corrected chi connectivity index (χ4v) is 4.26. The number of carbonyl (C=O) groups is 3. The van der Waals surface area contributed by atoms with Crippen LogP contribution in [-0.4, -0.2) is 42.3 Å². The molecule has 184 valence electrons. The maximum Gasteiger partial charge on any atom is 0.287 e. The van der Waals surface area contributed by atoms with Crippen molar-refractivity contribution in [2.75, 3.05) is 13.7 Å². The monoisotopic (exact) mass is 479 g/mol. The predicted molar refractivity (Wildman–Crippen MR) is 126 cm³/mol. The molecule has 0 bridgehead atoms. The van der Waals surface area contributed by atoms with Gasteiger partial charge in [0.25, 0.3) is 5.91 Å². The highest BCUT2D eigenvalue weighted by Crippen LogP contribution is 2.27. The van der Waals surface area contributed by atoms with Crippen molar-refractivity contribution in [3.05, 3.63) is 78.1 Å². The molecule has 9 heteroatoms. The molecule has 9 nitrogen and oxygen atoms in total. The molecule has 0 saturated heterocycles. The molecule has 3 aromatic rings. The molecule has 0 unspecified atom stereocenters. The maximum absolute atomic E-state index is 13.6. The van der Waals surface area contributed by atoms with Crippen LogP contribution in [-0.2, 0) is 16.1 Å². The van der Waals surface area contributed by atoms with Gasteiger partial charge in [0.2, 0.25) is 11.8 Å². The van der Waals surface area contributed by atoms with E-state index in [9.17, 15) is 14.4 Å². The molecule has 0 aliphatic heterocycles. The lowest BCUT2D eigenvalue weighted by molar-refractivity contribution is -0.141. The van der Waals surface area contributed by atoms with Gasteiger partial charge in [-0.1, -0.05) is 25.0 Å².